The van der Waals surface area contributed by atoms with Gasteiger partial charge in [0.2, 0.25) is 5.91 Å². The van der Waals surface area contributed by atoms with Crippen molar-refractivity contribution in [1.82, 2.24) is 9.88 Å². The number of amides is 1. The summed E-state index contributed by atoms with van der Waals surface area (Å²) in [6, 6.07) is 12.3. The third-order valence-electron chi connectivity index (χ3n) is 7.79. The summed E-state index contributed by atoms with van der Waals surface area (Å²) in [4.78, 5) is 32.9. The predicted octanol–water partition coefficient (Wildman–Crippen LogP) is 2.91. The lowest BCUT2D eigenvalue weighted by Gasteiger charge is -2.34. The highest BCUT2D eigenvalue weighted by atomic mass is 19.4. The Labute approximate surface area is 245 Å². The van der Waals surface area contributed by atoms with E-state index in [0.29, 0.717) is 41.5 Å². The fourth-order valence-electron chi connectivity index (χ4n) is 5.24. The van der Waals surface area contributed by atoms with Gasteiger partial charge in [-0.2, -0.15) is 13.2 Å². The molecule has 8 nitrogen and oxygen atoms in total. The summed E-state index contributed by atoms with van der Waals surface area (Å²) >= 11 is 0. The van der Waals surface area contributed by atoms with Crippen LogP contribution in [0.4, 0.5) is 13.2 Å². The molecule has 1 heterocycles. The largest absolute Gasteiger partial charge is 0.416 e. The number of pyridine rings is 1. The maximum absolute atomic E-state index is 13.7. The van der Waals surface area contributed by atoms with Gasteiger partial charge in [0.1, 0.15) is 0 Å². The van der Waals surface area contributed by atoms with Gasteiger partial charge in [0.25, 0.3) is 0 Å². The molecule has 0 aliphatic carbocycles. The number of carbonyl (C=O) groups is 2. The minimum absolute atomic E-state index is 0.00397. The molecule has 0 saturated heterocycles. The number of para-hydroxylation sites is 1. The number of quaternary nitrogens is 1. The van der Waals surface area contributed by atoms with Gasteiger partial charge in [-0.3, -0.25) is 14.6 Å². The SMILES string of the molecule is CN(C(=O)[C@@H](N)CCC[N+](C)(CCN)CCN)[C@H](Cc1ccc(C(F)(F)F)cc1)C(=O)Cc1cnc2ccccc2c1. The zero-order chi connectivity index (χ0) is 30.9. The average Bonchev–Trinajstić information content (AvgIpc) is 2.95. The monoisotopic (exact) mass is 587 g/mol. The first-order valence-electron chi connectivity index (χ1n) is 14.2. The maximum Gasteiger partial charge on any atom is 0.416 e. The minimum Gasteiger partial charge on any atom is -0.334 e. The van der Waals surface area contributed by atoms with Crippen molar-refractivity contribution in [3.05, 3.63) is 77.5 Å². The van der Waals surface area contributed by atoms with E-state index in [4.69, 9.17) is 17.2 Å². The molecule has 0 radical (unpaired) electrons. The van der Waals surface area contributed by atoms with Crippen molar-refractivity contribution in [1.29, 1.82) is 0 Å². The Morgan fingerprint density at radius 3 is 2.24 bits per heavy atom. The van der Waals surface area contributed by atoms with Crippen LogP contribution >= 0.6 is 0 Å². The number of halogens is 3. The first-order valence-corrected chi connectivity index (χ1v) is 14.2. The first kappa shape index (κ1) is 33.1. The van der Waals surface area contributed by atoms with Crippen LogP contribution < -0.4 is 17.2 Å². The molecule has 0 aliphatic heterocycles. The topological polar surface area (TPSA) is 128 Å². The summed E-state index contributed by atoms with van der Waals surface area (Å²) in [5.41, 5.74) is 19.0. The van der Waals surface area contributed by atoms with Crippen LogP contribution in [0.3, 0.4) is 0 Å². The number of nitrogens with zero attached hydrogens (tertiary/aromatic N) is 3. The Balaban J connectivity index is 1.78. The summed E-state index contributed by atoms with van der Waals surface area (Å²) in [5.74, 6) is -0.658. The number of carbonyl (C=O) groups excluding carboxylic acids is 2. The smallest absolute Gasteiger partial charge is 0.334 e. The third kappa shape index (κ3) is 9.06. The highest BCUT2D eigenvalue weighted by molar-refractivity contribution is 5.92. The second kappa shape index (κ2) is 14.7. The molecule has 1 aromatic heterocycles. The highest BCUT2D eigenvalue weighted by Gasteiger charge is 2.32. The van der Waals surface area contributed by atoms with Crippen molar-refractivity contribution in [2.45, 2.75) is 43.9 Å². The molecule has 3 aromatic rings. The van der Waals surface area contributed by atoms with Crippen molar-refractivity contribution in [3.8, 4) is 0 Å². The second-order valence-electron chi connectivity index (χ2n) is 11.2. The van der Waals surface area contributed by atoms with Gasteiger partial charge in [0.05, 0.1) is 49.8 Å². The minimum atomic E-state index is -4.47. The zero-order valence-electron chi connectivity index (χ0n) is 24.3. The highest BCUT2D eigenvalue weighted by Crippen LogP contribution is 2.29. The number of benzene rings is 2. The van der Waals surface area contributed by atoms with Crippen LogP contribution in [0.5, 0.6) is 0 Å². The van der Waals surface area contributed by atoms with Crippen LogP contribution in [0.15, 0.2) is 60.8 Å². The van der Waals surface area contributed by atoms with E-state index in [9.17, 15) is 22.8 Å². The summed E-state index contributed by atoms with van der Waals surface area (Å²) in [5, 5.41) is 0.878. The first-order chi connectivity index (χ1) is 19.9. The van der Waals surface area contributed by atoms with Gasteiger partial charge in [0.15, 0.2) is 5.78 Å². The van der Waals surface area contributed by atoms with Gasteiger partial charge in [-0.05, 0) is 54.7 Å². The van der Waals surface area contributed by atoms with Crippen molar-refractivity contribution in [2.24, 2.45) is 17.2 Å². The van der Waals surface area contributed by atoms with Crippen molar-refractivity contribution in [3.63, 3.8) is 0 Å². The molecule has 11 heteroatoms. The standard InChI is InChI=1S/C31H42F3N6O2/c1-39(30(42)26(37)7-5-15-40(2,16-13-35)17-14-36)28(19-22-9-11-25(12-10-22)31(32,33)34)29(41)20-23-18-24-6-3-4-8-27(24)38-21-23/h3-4,6,8-12,18,21,26,28H,5,7,13-17,19-20,35-37H2,1-2H3/q+1/t26-,28+/m0/s1. The molecule has 0 aliphatic rings. The predicted molar refractivity (Wildman–Crippen MR) is 158 cm³/mol. The van der Waals surface area contributed by atoms with Gasteiger partial charge >= 0.3 is 6.18 Å². The van der Waals surface area contributed by atoms with Crippen molar-refractivity contribution < 1.29 is 27.2 Å². The van der Waals surface area contributed by atoms with Crippen LogP contribution in [0.2, 0.25) is 0 Å². The molecule has 0 saturated carbocycles. The molecular weight excluding hydrogens is 545 g/mol. The van der Waals surface area contributed by atoms with Crippen LogP contribution in [-0.4, -0.2) is 85.0 Å². The molecule has 6 N–H and O–H groups in total. The Morgan fingerprint density at radius 1 is 0.976 bits per heavy atom. The maximum atomic E-state index is 13.7. The molecular formula is C31H42F3N6O2+. The summed E-state index contributed by atoms with van der Waals surface area (Å²) in [7, 11) is 3.59. The number of hydrogen-bond donors (Lipinski definition) is 3. The number of ketones is 1. The second-order valence-corrected chi connectivity index (χ2v) is 11.2. The van der Waals surface area contributed by atoms with Crippen LogP contribution in [0.25, 0.3) is 10.9 Å². The molecule has 1 amide bonds. The van der Waals surface area contributed by atoms with E-state index in [1.165, 1.54) is 24.1 Å². The van der Waals surface area contributed by atoms with Gasteiger partial charge in [-0.1, -0.05) is 30.3 Å². The number of likely N-dealkylation sites (N-methyl/N-ethyl adjacent to an activating group) is 2. The lowest BCUT2D eigenvalue weighted by Crippen LogP contribution is -2.52. The quantitative estimate of drug-likeness (QED) is 0.235. The van der Waals surface area contributed by atoms with Gasteiger partial charge in [-0.25, -0.2) is 0 Å². The summed E-state index contributed by atoms with van der Waals surface area (Å²) in [6.07, 6.45) is -1.72. The van der Waals surface area contributed by atoms with Gasteiger partial charge in [0, 0.05) is 38.1 Å². The molecule has 0 bridgehead atoms. The van der Waals surface area contributed by atoms with Crippen molar-refractivity contribution in [2.75, 3.05) is 46.8 Å². The van der Waals surface area contributed by atoms with Crippen LogP contribution in [-0.2, 0) is 28.6 Å². The molecule has 0 spiro atoms. The number of alkyl halides is 3. The van der Waals surface area contributed by atoms with E-state index >= 15 is 0 Å². The van der Waals surface area contributed by atoms with Gasteiger partial charge in [-0.15, -0.1) is 0 Å². The average molecular weight is 588 g/mol. The third-order valence-corrected chi connectivity index (χ3v) is 7.79. The van der Waals surface area contributed by atoms with Crippen LogP contribution in [0, 0.1) is 0 Å². The van der Waals surface area contributed by atoms with Crippen molar-refractivity contribution >= 4 is 22.6 Å². The van der Waals surface area contributed by atoms with E-state index in [1.807, 2.05) is 30.3 Å². The Hall–Kier alpha value is -3.38. The molecule has 0 unspecified atom stereocenters. The lowest BCUT2D eigenvalue weighted by atomic mass is 9.95. The fourth-order valence-corrected chi connectivity index (χ4v) is 5.24. The van der Waals surface area contributed by atoms with Gasteiger partial charge < -0.3 is 26.6 Å². The number of hydrogen-bond acceptors (Lipinski definition) is 6. The number of Topliss-reactive ketones (excluding diaryl/α,β-unsaturated/α-hetero) is 1. The zero-order valence-corrected chi connectivity index (χ0v) is 24.3. The number of rotatable bonds is 15. The van der Waals surface area contributed by atoms with E-state index < -0.39 is 29.7 Å². The molecule has 228 valence electrons. The molecule has 42 heavy (non-hydrogen) atoms. The number of nitrogens with two attached hydrogens (primary N) is 3. The Kier molecular flexibility index (Phi) is 11.6. The van der Waals surface area contributed by atoms with Crippen LogP contribution in [0.1, 0.15) is 29.5 Å². The summed E-state index contributed by atoms with van der Waals surface area (Å²) < 4.78 is 40.0. The van der Waals surface area contributed by atoms with E-state index in [-0.39, 0.29) is 18.6 Å². The van der Waals surface area contributed by atoms with E-state index in [0.717, 1.165) is 42.7 Å². The molecule has 0 fully saturated rings. The lowest BCUT2D eigenvalue weighted by molar-refractivity contribution is -0.907. The molecule has 3 rings (SSSR count). The number of fused-ring (bicyclic) bond motifs is 1. The number of aromatic nitrogens is 1. The Morgan fingerprint density at radius 2 is 1.62 bits per heavy atom. The summed E-state index contributed by atoms with van der Waals surface area (Å²) in [6.45, 7) is 3.30. The fraction of sp³-hybridized carbons (Fsp3) is 0.452. The molecule has 2 atom stereocenters. The van der Waals surface area contributed by atoms with E-state index in [1.54, 1.807) is 6.20 Å². The normalized spacial score (nSPS) is 13.6. The molecule has 2 aromatic carbocycles. The van der Waals surface area contributed by atoms with E-state index in [2.05, 4.69) is 12.0 Å². The Bertz CT molecular complexity index is 1330.